The van der Waals surface area contributed by atoms with E-state index in [2.05, 4.69) is 10.6 Å². The molecule has 2 N–H and O–H groups in total. The van der Waals surface area contributed by atoms with E-state index in [0.29, 0.717) is 23.7 Å². The molecule has 120 valence electrons. The zero-order chi connectivity index (χ0) is 16.8. The molecule has 0 atom stereocenters. The maximum atomic E-state index is 12.0. The maximum Gasteiger partial charge on any atom is 0.314 e. The molecule has 2 aromatic rings. The molecule has 2 rings (SSSR count). The maximum absolute atomic E-state index is 12.0. The van der Waals surface area contributed by atoms with Crippen LogP contribution in [0.3, 0.4) is 0 Å². The molecule has 0 aliphatic rings. The Labute approximate surface area is 135 Å². The number of amides is 2. The van der Waals surface area contributed by atoms with Crippen molar-refractivity contribution in [1.82, 2.24) is 0 Å². The molecular weight excluding hydrogens is 292 g/mol. The van der Waals surface area contributed by atoms with E-state index in [4.69, 9.17) is 4.74 Å². The van der Waals surface area contributed by atoms with Crippen molar-refractivity contribution in [1.29, 1.82) is 0 Å². The summed E-state index contributed by atoms with van der Waals surface area (Å²) in [6.07, 6.45) is 0. The van der Waals surface area contributed by atoms with Crippen LogP contribution in [0.2, 0.25) is 0 Å². The first-order valence-electron chi connectivity index (χ1n) is 7.41. The number of anilines is 2. The number of benzene rings is 2. The first-order valence-corrected chi connectivity index (χ1v) is 7.41. The van der Waals surface area contributed by atoms with Crippen molar-refractivity contribution >= 4 is 23.2 Å². The minimum absolute atomic E-state index is 0.536. The molecule has 2 aromatic carbocycles. The van der Waals surface area contributed by atoms with Crippen molar-refractivity contribution in [2.45, 2.75) is 20.8 Å². The van der Waals surface area contributed by atoms with E-state index in [9.17, 15) is 9.59 Å². The van der Waals surface area contributed by atoms with E-state index in [1.807, 2.05) is 39.0 Å². The van der Waals surface area contributed by atoms with Gasteiger partial charge >= 0.3 is 11.8 Å². The fourth-order valence-corrected chi connectivity index (χ4v) is 2.22. The van der Waals surface area contributed by atoms with Crippen LogP contribution in [0.15, 0.2) is 42.5 Å². The largest absolute Gasteiger partial charge is 0.494 e. The minimum Gasteiger partial charge on any atom is -0.494 e. The van der Waals surface area contributed by atoms with Gasteiger partial charge in [0, 0.05) is 11.4 Å². The smallest absolute Gasteiger partial charge is 0.314 e. The Bertz CT molecular complexity index is 688. The van der Waals surface area contributed by atoms with Gasteiger partial charge in [0.15, 0.2) is 0 Å². The van der Waals surface area contributed by atoms with Gasteiger partial charge in [-0.15, -0.1) is 0 Å². The van der Waals surface area contributed by atoms with E-state index in [0.717, 1.165) is 11.1 Å². The highest BCUT2D eigenvalue weighted by atomic mass is 16.5. The van der Waals surface area contributed by atoms with Crippen molar-refractivity contribution in [2.24, 2.45) is 0 Å². The zero-order valence-corrected chi connectivity index (χ0v) is 13.5. The predicted octanol–water partition coefficient (Wildman–Crippen LogP) is 3.28. The average Bonchev–Trinajstić information content (AvgIpc) is 2.48. The number of carbonyl (C=O) groups excluding carboxylic acids is 2. The lowest BCUT2D eigenvalue weighted by Crippen LogP contribution is -2.29. The highest BCUT2D eigenvalue weighted by molar-refractivity contribution is 6.43. The summed E-state index contributed by atoms with van der Waals surface area (Å²) in [7, 11) is 0. The lowest BCUT2D eigenvalue weighted by molar-refractivity contribution is -0.132. The van der Waals surface area contributed by atoms with Crippen molar-refractivity contribution in [3.63, 3.8) is 0 Å². The fraction of sp³-hybridized carbons (Fsp3) is 0.222. The molecule has 0 saturated carbocycles. The molecule has 0 spiro atoms. The molecule has 0 heterocycles. The van der Waals surface area contributed by atoms with Crippen LogP contribution in [0.5, 0.6) is 5.75 Å². The Hall–Kier alpha value is -2.82. The monoisotopic (exact) mass is 312 g/mol. The van der Waals surface area contributed by atoms with Gasteiger partial charge < -0.3 is 15.4 Å². The highest BCUT2D eigenvalue weighted by Gasteiger charge is 2.14. The summed E-state index contributed by atoms with van der Waals surface area (Å²) >= 11 is 0. The van der Waals surface area contributed by atoms with Gasteiger partial charge in [-0.3, -0.25) is 9.59 Å². The van der Waals surface area contributed by atoms with Gasteiger partial charge in [0.25, 0.3) is 0 Å². The molecule has 23 heavy (non-hydrogen) atoms. The summed E-state index contributed by atoms with van der Waals surface area (Å²) in [4.78, 5) is 23.9. The number of nitrogens with one attached hydrogen (secondary N) is 2. The van der Waals surface area contributed by atoms with Gasteiger partial charge in [-0.05, 0) is 68.3 Å². The molecule has 5 heteroatoms. The Morgan fingerprint density at radius 3 is 1.91 bits per heavy atom. The number of ether oxygens (including phenoxy) is 1. The number of aryl methyl sites for hydroxylation is 2. The summed E-state index contributed by atoms with van der Waals surface area (Å²) in [5.74, 6) is -0.706. The normalized spacial score (nSPS) is 10.0. The second kappa shape index (κ2) is 7.45. The van der Waals surface area contributed by atoms with Crippen LogP contribution in [0, 0.1) is 13.8 Å². The Kier molecular flexibility index (Phi) is 5.36. The molecule has 0 fully saturated rings. The van der Waals surface area contributed by atoms with Crippen LogP contribution in [0.25, 0.3) is 0 Å². The fourth-order valence-electron chi connectivity index (χ4n) is 2.22. The van der Waals surface area contributed by atoms with E-state index >= 15 is 0 Å². The van der Waals surface area contributed by atoms with Gasteiger partial charge in [-0.1, -0.05) is 6.07 Å². The first-order chi connectivity index (χ1) is 11.0. The topological polar surface area (TPSA) is 67.4 Å². The standard InChI is InChI=1S/C18H20N2O3/c1-4-23-16-7-5-14(6-8-16)19-17(21)18(22)20-15-10-12(2)9-13(3)11-15/h5-11H,4H2,1-3H3,(H,19,21)(H,20,22). The summed E-state index contributed by atoms with van der Waals surface area (Å²) < 4.78 is 5.32. The third kappa shape index (κ3) is 4.85. The second-order valence-corrected chi connectivity index (χ2v) is 5.24. The minimum atomic E-state index is -0.715. The quantitative estimate of drug-likeness (QED) is 0.851. The van der Waals surface area contributed by atoms with Gasteiger partial charge in [0.1, 0.15) is 5.75 Å². The van der Waals surface area contributed by atoms with Crippen LogP contribution in [0.4, 0.5) is 11.4 Å². The van der Waals surface area contributed by atoms with Crippen molar-refractivity contribution in [3.8, 4) is 5.75 Å². The van der Waals surface area contributed by atoms with E-state index in [-0.39, 0.29) is 0 Å². The van der Waals surface area contributed by atoms with Crippen LogP contribution in [0.1, 0.15) is 18.1 Å². The number of carbonyl (C=O) groups is 2. The average molecular weight is 312 g/mol. The second-order valence-electron chi connectivity index (χ2n) is 5.24. The molecule has 0 unspecified atom stereocenters. The zero-order valence-electron chi connectivity index (χ0n) is 13.5. The first kappa shape index (κ1) is 16.5. The number of rotatable bonds is 4. The number of hydrogen-bond acceptors (Lipinski definition) is 3. The Balaban J connectivity index is 1.98. The van der Waals surface area contributed by atoms with Crippen molar-refractivity contribution in [3.05, 3.63) is 53.6 Å². The SMILES string of the molecule is CCOc1ccc(NC(=O)C(=O)Nc2cc(C)cc(C)c2)cc1. The van der Waals surface area contributed by atoms with Gasteiger partial charge in [-0.25, -0.2) is 0 Å². The van der Waals surface area contributed by atoms with Gasteiger partial charge in [0.05, 0.1) is 6.61 Å². The van der Waals surface area contributed by atoms with Crippen LogP contribution in [-0.2, 0) is 9.59 Å². The molecule has 5 nitrogen and oxygen atoms in total. The Morgan fingerprint density at radius 1 is 0.870 bits per heavy atom. The van der Waals surface area contributed by atoms with Crippen molar-refractivity contribution < 1.29 is 14.3 Å². The van der Waals surface area contributed by atoms with Gasteiger partial charge in [-0.2, -0.15) is 0 Å². The molecule has 0 radical (unpaired) electrons. The molecule has 0 aliphatic carbocycles. The third-order valence-electron chi connectivity index (χ3n) is 3.11. The van der Waals surface area contributed by atoms with E-state index in [1.165, 1.54) is 0 Å². The lowest BCUT2D eigenvalue weighted by atomic mass is 10.1. The molecule has 0 aromatic heterocycles. The van der Waals surface area contributed by atoms with Crippen LogP contribution < -0.4 is 15.4 Å². The molecule has 0 saturated heterocycles. The summed E-state index contributed by atoms with van der Waals surface area (Å²) in [5.41, 5.74) is 3.18. The van der Waals surface area contributed by atoms with Gasteiger partial charge in [0.2, 0.25) is 0 Å². The van der Waals surface area contributed by atoms with E-state index < -0.39 is 11.8 Å². The highest BCUT2D eigenvalue weighted by Crippen LogP contribution is 2.16. The summed E-state index contributed by atoms with van der Waals surface area (Å²) in [6.45, 7) is 6.34. The lowest BCUT2D eigenvalue weighted by Gasteiger charge is -2.09. The van der Waals surface area contributed by atoms with Crippen LogP contribution >= 0.6 is 0 Å². The molecule has 0 aliphatic heterocycles. The summed E-state index contributed by atoms with van der Waals surface area (Å²) in [6, 6.07) is 12.5. The third-order valence-corrected chi connectivity index (χ3v) is 3.11. The molecule has 2 amide bonds. The van der Waals surface area contributed by atoms with E-state index in [1.54, 1.807) is 24.3 Å². The molecule has 0 bridgehead atoms. The summed E-state index contributed by atoms with van der Waals surface area (Å²) in [5, 5.41) is 5.15. The predicted molar refractivity (Wildman–Crippen MR) is 90.8 cm³/mol. The van der Waals surface area contributed by atoms with Crippen molar-refractivity contribution in [2.75, 3.05) is 17.2 Å². The number of hydrogen-bond donors (Lipinski definition) is 2. The Morgan fingerprint density at radius 2 is 1.39 bits per heavy atom. The van der Waals surface area contributed by atoms with Crippen LogP contribution in [-0.4, -0.2) is 18.4 Å². The molecular formula is C18H20N2O3.